The molecule has 6 rings (SSSR count). The second kappa shape index (κ2) is 12.3. The fraction of sp³-hybridized carbons (Fsp3) is 0.273. The topological polar surface area (TPSA) is 76.6 Å². The predicted molar refractivity (Wildman–Crippen MR) is 171 cm³/mol. The SMILES string of the molecule is [CH2]c1c(Cl)cc(-c2cccc(-c3ccnc(-c4cc5c(c(OC)c4)CN(C[C@@H]4CCC(=O)N4)CC5)c3Cl)c2Cl)nc1OC. The zero-order valence-corrected chi connectivity index (χ0v) is 26.1. The highest BCUT2D eigenvalue weighted by Gasteiger charge is 2.27. The molecule has 0 bridgehead atoms. The van der Waals surface area contributed by atoms with Crippen LogP contribution < -0.4 is 14.8 Å². The van der Waals surface area contributed by atoms with Crippen LogP contribution in [0.2, 0.25) is 15.1 Å². The Morgan fingerprint density at radius 1 is 1.02 bits per heavy atom. The van der Waals surface area contributed by atoms with Crippen LogP contribution in [0.4, 0.5) is 0 Å². The quantitative estimate of drug-likeness (QED) is 0.230. The summed E-state index contributed by atoms with van der Waals surface area (Å²) in [6.45, 7) is 6.41. The number of ether oxygens (including phenoxy) is 2. The van der Waals surface area contributed by atoms with Crippen molar-refractivity contribution in [3.05, 3.63) is 87.3 Å². The summed E-state index contributed by atoms with van der Waals surface area (Å²) in [5.41, 5.74) is 7.11. The van der Waals surface area contributed by atoms with Crippen LogP contribution in [-0.4, -0.2) is 54.1 Å². The van der Waals surface area contributed by atoms with Gasteiger partial charge in [0.25, 0.3) is 0 Å². The second-order valence-electron chi connectivity index (χ2n) is 10.8. The third-order valence-electron chi connectivity index (χ3n) is 8.12. The number of fused-ring (bicyclic) bond motifs is 1. The normalized spacial score (nSPS) is 16.6. The van der Waals surface area contributed by atoms with Gasteiger partial charge in [-0.05, 0) is 49.6 Å². The summed E-state index contributed by atoms with van der Waals surface area (Å²) in [6.07, 6.45) is 4.08. The van der Waals surface area contributed by atoms with Crippen LogP contribution in [0.25, 0.3) is 33.6 Å². The molecule has 1 radical (unpaired) electrons. The van der Waals surface area contributed by atoms with Gasteiger partial charge in [0.1, 0.15) is 5.75 Å². The fourth-order valence-electron chi connectivity index (χ4n) is 5.90. The van der Waals surface area contributed by atoms with Crippen molar-refractivity contribution in [1.29, 1.82) is 0 Å². The lowest BCUT2D eigenvalue weighted by molar-refractivity contribution is -0.119. The molecule has 221 valence electrons. The monoisotopic (exact) mass is 635 g/mol. The van der Waals surface area contributed by atoms with Crippen molar-refractivity contribution in [2.75, 3.05) is 27.3 Å². The number of nitrogens with one attached hydrogen (secondary N) is 1. The van der Waals surface area contributed by atoms with E-state index in [1.165, 1.54) is 12.7 Å². The van der Waals surface area contributed by atoms with Crippen LogP contribution in [-0.2, 0) is 17.8 Å². The van der Waals surface area contributed by atoms with E-state index in [0.29, 0.717) is 49.9 Å². The number of amides is 1. The molecule has 2 aliphatic heterocycles. The van der Waals surface area contributed by atoms with E-state index in [2.05, 4.69) is 33.2 Å². The number of halogens is 3. The first kappa shape index (κ1) is 29.7. The molecule has 0 unspecified atom stereocenters. The van der Waals surface area contributed by atoms with Crippen LogP contribution in [0, 0.1) is 6.92 Å². The zero-order valence-electron chi connectivity index (χ0n) is 23.8. The number of hydrogen-bond acceptors (Lipinski definition) is 6. The maximum absolute atomic E-state index is 11.7. The van der Waals surface area contributed by atoms with E-state index in [0.717, 1.165) is 60.5 Å². The van der Waals surface area contributed by atoms with Crippen LogP contribution in [0.5, 0.6) is 11.6 Å². The molecule has 0 aliphatic carbocycles. The van der Waals surface area contributed by atoms with E-state index in [-0.39, 0.29) is 11.9 Å². The molecule has 1 saturated heterocycles. The molecule has 4 heterocycles. The smallest absolute Gasteiger partial charge is 0.220 e. The van der Waals surface area contributed by atoms with E-state index in [1.807, 2.05) is 30.3 Å². The average Bonchev–Trinajstić information content (AvgIpc) is 3.42. The Hall–Kier alpha value is -3.36. The standard InChI is InChI=1S/C33H30Cl3N4O3/c1-18-26(34)15-27(39-33(18)43-3)24-6-4-5-22(30(24)35)23-9-11-37-32(31(23)36)20-13-19-10-12-40(16-21-7-8-29(41)38-21)17-25(19)28(14-20)42-2/h4-6,9,11,13-15,21H,1,7-8,10,12,16-17H2,2-3H3,(H,38,41)/t21-/m0/s1. The molecular formula is C33H30Cl3N4O3. The maximum atomic E-state index is 11.7. The lowest BCUT2D eigenvalue weighted by atomic mass is 9.93. The molecule has 1 atom stereocenters. The van der Waals surface area contributed by atoms with E-state index in [4.69, 9.17) is 44.3 Å². The van der Waals surface area contributed by atoms with E-state index >= 15 is 0 Å². The summed E-state index contributed by atoms with van der Waals surface area (Å²) < 4.78 is 11.2. The number of nitrogens with zero attached hydrogens (tertiary/aromatic N) is 3. The van der Waals surface area contributed by atoms with Gasteiger partial charge in [0.05, 0.1) is 40.7 Å². The maximum Gasteiger partial charge on any atom is 0.220 e. The largest absolute Gasteiger partial charge is 0.496 e. The molecule has 2 aromatic heterocycles. The van der Waals surface area contributed by atoms with Crippen LogP contribution in [0.3, 0.4) is 0 Å². The lowest BCUT2D eigenvalue weighted by Gasteiger charge is -2.32. The van der Waals surface area contributed by atoms with E-state index in [1.54, 1.807) is 19.4 Å². The Morgan fingerprint density at radius 3 is 2.56 bits per heavy atom. The van der Waals surface area contributed by atoms with Gasteiger partial charge >= 0.3 is 0 Å². The van der Waals surface area contributed by atoms with Crippen molar-refractivity contribution < 1.29 is 14.3 Å². The van der Waals surface area contributed by atoms with Crippen molar-refractivity contribution >= 4 is 40.7 Å². The Labute approximate surface area is 266 Å². The first-order valence-corrected chi connectivity index (χ1v) is 15.1. The summed E-state index contributed by atoms with van der Waals surface area (Å²) in [5.74, 6) is 1.27. The van der Waals surface area contributed by atoms with E-state index in [9.17, 15) is 4.79 Å². The van der Waals surface area contributed by atoms with Gasteiger partial charge in [-0.3, -0.25) is 14.7 Å². The Bertz CT molecular complexity index is 1710. The zero-order chi connectivity index (χ0) is 30.2. The Kier molecular flexibility index (Phi) is 8.51. The molecular weight excluding hydrogens is 607 g/mol. The average molecular weight is 637 g/mol. The number of benzene rings is 2. The molecule has 43 heavy (non-hydrogen) atoms. The lowest BCUT2D eigenvalue weighted by Crippen LogP contribution is -2.41. The van der Waals surface area contributed by atoms with Crippen LogP contribution >= 0.6 is 34.8 Å². The second-order valence-corrected chi connectivity index (χ2v) is 11.9. The summed E-state index contributed by atoms with van der Waals surface area (Å²) in [5, 5.41) is 4.47. The number of carbonyl (C=O) groups is 1. The highest BCUT2D eigenvalue weighted by atomic mass is 35.5. The van der Waals surface area contributed by atoms with Gasteiger partial charge in [-0.1, -0.05) is 53.0 Å². The minimum Gasteiger partial charge on any atom is -0.496 e. The first-order valence-electron chi connectivity index (χ1n) is 14.0. The van der Waals surface area contributed by atoms with Gasteiger partial charge in [0.15, 0.2) is 0 Å². The van der Waals surface area contributed by atoms with Crippen molar-refractivity contribution in [2.45, 2.75) is 31.8 Å². The minimum atomic E-state index is 0.137. The summed E-state index contributed by atoms with van der Waals surface area (Å²) in [6, 6.07) is 13.6. The Balaban J connectivity index is 1.34. The van der Waals surface area contributed by atoms with Crippen molar-refractivity contribution in [3.63, 3.8) is 0 Å². The number of hydrogen-bond donors (Lipinski definition) is 1. The summed E-state index contributed by atoms with van der Waals surface area (Å²) in [4.78, 5) is 23.3. The van der Waals surface area contributed by atoms with Gasteiger partial charge < -0.3 is 14.8 Å². The molecule has 2 aromatic carbocycles. The van der Waals surface area contributed by atoms with Gasteiger partial charge in [-0.15, -0.1) is 0 Å². The van der Waals surface area contributed by atoms with E-state index < -0.39 is 0 Å². The summed E-state index contributed by atoms with van der Waals surface area (Å²) in [7, 11) is 3.21. The van der Waals surface area contributed by atoms with Crippen molar-refractivity contribution in [3.8, 4) is 45.3 Å². The van der Waals surface area contributed by atoms with Crippen LogP contribution in [0.15, 0.2) is 48.7 Å². The van der Waals surface area contributed by atoms with Gasteiger partial charge in [-0.2, -0.15) is 0 Å². The van der Waals surface area contributed by atoms with Crippen molar-refractivity contribution in [2.24, 2.45) is 0 Å². The fourth-order valence-corrected chi connectivity index (χ4v) is 6.74. The summed E-state index contributed by atoms with van der Waals surface area (Å²) >= 11 is 20.5. The van der Waals surface area contributed by atoms with Gasteiger partial charge in [0, 0.05) is 71.7 Å². The molecule has 1 fully saturated rings. The number of pyridine rings is 2. The minimum absolute atomic E-state index is 0.137. The molecule has 4 aromatic rings. The number of rotatable bonds is 7. The number of aromatic nitrogens is 2. The Morgan fingerprint density at radius 2 is 1.81 bits per heavy atom. The molecule has 1 amide bonds. The van der Waals surface area contributed by atoms with Crippen molar-refractivity contribution in [1.82, 2.24) is 20.2 Å². The van der Waals surface area contributed by atoms with Gasteiger partial charge in [-0.25, -0.2) is 4.98 Å². The third kappa shape index (κ3) is 5.79. The van der Waals surface area contributed by atoms with Gasteiger partial charge in [0.2, 0.25) is 11.8 Å². The molecule has 0 spiro atoms. The highest BCUT2D eigenvalue weighted by Crippen LogP contribution is 2.43. The molecule has 10 heteroatoms. The molecule has 2 aliphatic rings. The highest BCUT2D eigenvalue weighted by molar-refractivity contribution is 6.39. The van der Waals surface area contributed by atoms with Crippen LogP contribution in [0.1, 0.15) is 29.5 Å². The first-order chi connectivity index (χ1) is 20.8. The third-order valence-corrected chi connectivity index (χ3v) is 9.24. The molecule has 7 nitrogen and oxygen atoms in total. The predicted octanol–water partition coefficient (Wildman–Crippen LogP) is 7.27. The molecule has 1 N–H and O–H groups in total. The number of carbonyl (C=O) groups excluding carboxylic acids is 1. The molecule has 0 saturated carbocycles. The number of methoxy groups -OCH3 is 2.